The van der Waals surface area contributed by atoms with Gasteiger partial charge in [0, 0.05) is 6.42 Å². The van der Waals surface area contributed by atoms with E-state index < -0.39 is 12.1 Å². The maximum Gasteiger partial charge on any atom is 0.220 e. The van der Waals surface area contributed by atoms with Crippen molar-refractivity contribution in [2.45, 2.75) is 148 Å². The molecule has 0 radical (unpaired) electrons. The van der Waals surface area contributed by atoms with Crippen LogP contribution < -0.4 is 5.32 Å². The first-order valence-corrected chi connectivity index (χ1v) is 14.1. The van der Waals surface area contributed by atoms with Gasteiger partial charge in [0.1, 0.15) is 0 Å². The molecule has 0 spiro atoms. The van der Waals surface area contributed by atoms with Crippen molar-refractivity contribution in [3.63, 3.8) is 0 Å². The van der Waals surface area contributed by atoms with Crippen LogP contribution in [0.4, 0.5) is 0 Å². The van der Waals surface area contributed by atoms with Gasteiger partial charge in [0.15, 0.2) is 0 Å². The maximum absolute atomic E-state index is 12.2. The van der Waals surface area contributed by atoms with E-state index >= 15 is 0 Å². The number of hydrogen-bond donors (Lipinski definition) is 3. The fourth-order valence-corrected chi connectivity index (χ4v) is 3.95. The second-order valence-electron chi connectivity index (χ2n) is 9.46. The number of unbranched alkanes of at least 4 members (excludes halogenated alkanes) is 15. The zero-order chi connectivity index (χ0) is 24.4. The molecule has 0 fully saturated rings. The zero-order valence-corrected chi connectivity index (χ0v) is 21.9. The minimum Gasteiger partial charge on any atom is -0.394 e. The Hall–Kier alpha value is -1.13. The van der Waals surface area contributed by atoms with Gasteiger partial charge >= 0.3 is 0 Å². The number of amides is 1. The monoisotopic (exact) mass is 465 g/mol. The summed E-state index contributed by atoms with van der Waals surface area (Å²) in [6.45, 7) is 4.22. The molecule has 0 bridgehead atoms. The molecule has 0 heterocycles. The van der Waals surface area contributed by atoms with Gasteiger partial charge in [-0.25, -0.2) is 0 Å². The van der Waals surface area contributed by atoms with Crippen LogP contribution in [0.25, 0.3) is 0 Å². The van der Waals surface area contributed by atoms with Gasteiger partial charge in [-0.1, -0.05) is 122 Å². The van der Waals surface area contributed by atoms with Crippen LogP contribution in [0.15, 0.2) is 24.3 Å². The normalized spacial score (nSPS) is 13.7. The van der Waals surface area contributed by atoms with E-state index in [1.807, 2.05) is 6.08 Å². The van der Waals surface area contributed by atoms with E-state index in [1.54, 1.807) is 6.08 Å². The van der Waals surface area contributed by atoms with Crippen LogP contribution >= 0.6 is 0 Å². The Balaban J connectivity index is 3.76. The molecular formula is C29H55NO3. The van der Waals surface area contributed by atoms with Crippen LogP contribution in [-0.4, -0.2) is 34.9 Å². The fraction of sp³-hybridized carbons (Fsp3) is 0.828. The van der Waals surface area contributed by atoms with Crippen LogP contribution in [-0.2, 0) is 4.79 Å². The number of hydrogen-bond acceptors (Lipinski definition) is 3. The lowest BCUT2D eigenvalue weighted by Crippen LogP contribution is -2.45. The summed E-state index contributed by atoms with van der Waals surface area (Å²) in [6, 6.07) is -0.629. The number of allylic oxidation sites excluding steroid dienone is 3. The summed E-state index contributed by atoms with van der Waals surface area (Å²) >= 11 is 0. The highest BCUT2D eigenvalue weighted by molar-refractivity contribution is 5.76. The predicted molar refractivity (Wildman–Crippen MR) is 142 cm³/mol. The molecule has 2 atom stereocenters. The molecule has 0 saturated heterocycles. The van der Waals surface area contributed by atoms with E-state index in [0.717, 1.165) is 32.1 Å². The first-order valence-electron chi connectivity index (χ1n) is 14.1. The molecule has 33 heavy (non-hydrogen) atoms. The van der Waals surface area contributed by atoms with Crippen LogP contribution in [0, 0.1) is 0 Å². The summed E-state index contributed by atoms with van der Waals surface area (Å²) in [6.07, 6.45) is 29.6. The summed E-state index contributed by atoms with van der Waals surface area (Å²) < 4.78 is 0. The molecule has 0 rings (SSSR count). The number of rotatable bonds is 24. The van der Waals surface area contributed by atoms with Crippen molar-refractivity contribution >= 4 is 5.91 Å². The number of aliphatic hydroxyl groups excluding tert-OH is 2. The molecule has 0 unspecified atom stereocenters. The molecule has 0 aromatic carbocycles. The SMILES string of the molecule is CCCCCC/C=C/CC/C=C/[C@@H](O)[C@H](CO)NC(=O)CCCCCCCCCCCCC. The Morgan fingerprint density at radius 1 is 0.697 bits per heavy atom. The summed E-state index contributed by atoms with van der Waals surface area (Å²) in [5, 5.41) is 22.6. The lowest BCUT2D eigenvalue weighted by atomic mass is 10.0. The third kappa shape index (κ3) is 22.4. The minimum absolute atomic E-state index is 0.0802. The van der Waals surface area contributed by atoms with E-state index in [9.17, 15) is 15.0 Å². The van der Waals surface area contributed by atoms with Gasteiger partial charge in [0.25, 0.3) is 0 Å². The molecule has 0 aromatic rings. The zero-order valence-electron chi connectivity index (χ0n) is 21.9. The van der Waals surface area contributed by atoms with Crippen molar-refractivity contribution < 1.29 is 15.0 Å². The summed E-state index contributed by atoms with van der Waals surface area (Å²) in [4.78, 5) is 12.2. The Bertz CT molecular complexity index is 475. The fourth-order valence-electron chi connectivity index (χ4n) is 3.95. The first kappa shape index (κ1) is 31.9. The quantitative estimate of drug-likeness (QED) is 0.103. The van der Waals surface area contributed by atoms with Gasteiger partial charge in [0.05, 0.1) is 18.8 Å². The second kappa shape index (κ2) is 25.5. The van der Waals surface area contributed by atoms with Gasteiger partial charge < -0.3 is 15.5 Å². The van der Waals surface area contributed by atoms with Crippen LogP contribution in [0.3, 0.4) is 0 Å². The molecule has 0 aliphatic heterocycles. The van der Waals surface area contributed by atoms with Crippen LogP contribution in [0.5, 0.6) is 0 Å². The molecule has 1 amide bonds. The van der Waals surface area contributed by atoms with Gasteiger partial charge in [-0.15, -0.1) is 0 Å². The van der Waals surface area contributed by atoms with E-state index in [4.69, 9.17) is 0 Å². The molecule has 0 saturated carbocycles. The highest BCUT2D eigenvalue weighted by atomic mass is 16.3. The summed E-state index contributed by atoms with van der Waals surface area (Å²) in [5.74, 6) is -0.0802. The molecule has 0 aliphatic carbocycles. The average Bonchev–Trinajstić information content (AvgIpc) is 2.82. The lowest BCUT2D eigenvalue weighted by Gasteiger charge is -2.19. The van der Waals surface area contributed by atoms with Crippen molar-refractivity contribution in [1.82, 2.24) is 5.32 Å². The molecule has 3 N–H and O–H groups in total. The smallest absolute Gasteiger partial charge is 0.220 e. The largest absolute Gasteiger partial charge is 0.394 e. The highest BCUT2D eigenvalue weighted by Gasteiger charge is 2.17. The van der Waals surface area contributed by atoms with Crippen molar-refractivity contribution in [2.24, 2.45) is 0 Å². The topological polar surface area (TPSA) is 69.6 Å². The van der Waals surface area contributed by atoms with Gasteiger partial charge in [0.2, 0.25) is 5.91 Å². The number of carbonyl (C=O) groups is 1. The van der Waals surface area contributed by atoms with E-state index in [2.05, 4.69) is 31.3 Å². The van der Waals surface area contributed by atoms with Gasteiger partial charge in [-0.2, -0.15) is 0 Å². The van der Waals surface area contributed by atoms with E-state index in [0.29, 0.717) is 6.42 Å². The molecule has 4 nitrogen and oxygen atoms in total. The molecule has 0 aromatic heterocycles. The van der Waals surface area contributed by atoms with Gasteiger partial charge in [-0.05, 0) is 32.1 Å². The molecule has 194 valence electrons. The van der Waals surface area contributed by atoms with Gasteiger partial charge in [-0.3, -0.25) is 4.79 Å². The van der Waals surface area contributed by atoms with Crippen LogP contribution in [0.2, 0.25) is 0 Å². The number of carbonyl (C=O) groups excluding carboxylic acids is 1. The number of nitrogens with one attached hydrogen (secondary N) is 1. The summed E-state index contributed by atoms with van der Waals surface area (Å²) in [5.41, 5.74) is 0. The Labute approximate surface area is 205 Å². The Morgan fingerprint density at radius 2 is 1.18 bits per heavy atom. The molecule has 4 heteroatoms. The standard InChI is InChI=1S/C29H55NO3/c1-3-5-7-9-11-13-15-17-19-21-23-25-29(33)30-27(26-31)28(32)24-22-20-18-16-14-12-10-8-6-4-2/h14,16,22,24,27-28,31-32H,3-13,15,17-21,23,25-26H2,1-2H3,(H,30,33)/b16-14+,24-22+/t27-,28+/m0/s1. The Morgan fingerprint density at radius 3 is 1.76 bits per heavy atom. The first-order chi connectivity index (χ1) is 16.2. The van der Waals surface area contributed by atoms with Crippen molar-refractivity contribution in [1.29, 1.82) is 0 Å². The van der Waals surface area contributed by atoms with Crippen molar-refractivity contribution in [3.8, 4) is 0 Å². The highest BCUT2D eigenvalue weighted by Crippen LogP contribution is 2.12. The van der Waals surface area contributed by atoms with Crippen molar-refractivity contribution in [3.05, 3.63) is 24.3 Å². The molecule has 0 aliphatic rings. The summed E-state index contributed by atoms with van der Waals surface area (Å²) in [7, 11) is 0. The van der Waals surface area contributed by atoms with Crippen molar-refractivity contribution in [2.75, 3.05) is 6.61 Å². The predicted octanol–water partition coefficient (Wildman–Crippen LogP) is 7.39. The van der Waals surface area contributed by atoms with E-state index in [1.165, 1.54) is 83.5 Å². The van der Waals surface area contributed by atoms with Crippen LogP contribution in [0.1, 0.15) is 136 Å². The molecular weight excluding hydrogens is 410 g/mol. The second-order valence-corrected chi connectivity index (χ2v) is 9.46. The third-order valence-electron chi connectivity index (χ3n) is 6.19. The minimum atomic E-state index is -0.853. The Kier molecular flexibility index (Phi) is 24.6. The average molecular weight is 466 g/mol. The number of aliphatic hydroxyl groups is 2. The maximum atomic E-state index is 12.2. The third-order valence-corrected chi connectivity index (χ3v) is 6.19. The lowest BCUT2D eigenvalue weighted by molar-refractivity contribution is -0.123. The van der Waals surface area contributed by atoms with E-state index in [-0.39, 0.29) is 12.5 Å².